The fourth-order valence-corrected chi connectivity index (χ4v) is 2.59. The molecule has 0 aliphatic heterocycles. The van der Waals surface area contributed by atoms with Gasteiger partial charge in [0, 0.05) is 0 Å². The molecule has 0 saturated carbocycles. The van der Waals surface area contributed by atoms with Crippen molar-refractivity contribution in [2.45, 2.75) is 13.8 Å². The van der Waals surface area contributed by atoms with Crippen molar-refractivity contribution in [1.82, 2.24) is 14.7 Å². The molecule has 3 aromatic rings. The van der Waals surface area contributed by atoms with Crippen LogP contribution in [-0.4, -0.2) is 32.0 Å². The monoisotopic (exact) mass is 355 g/mol. The summed E-state index contributed by atoms with van der Waals surface area (Å²) in [6.07, 6.45) is 0. The van der Waals surface area contributed by atoms with E-state index >= 15 is 0 Å². The van der Waals surface area contributed by atoms with E-state index in [-0.39, 0.29) is 5.49 Å². The van der Waals surface area contributed by atoms with Gasteiger partial charge in [0.25, 0.3) is 5.49 Å². The van der Waals surface area contributed by atoms with E-state index in [1.165, 1.54) is 7.11 Å². The van der Waals surface area contributed by atoms with E-state index in [9.17, 15) is 15.3 Å². The van der Waals surface area contributed by atoms with Crippen molar-refractivity contribution in [2.75, 3.05) is 7.11 Å². The van der Waals surface area contributed by atoms with Crippen LogP contribution in [0.2, 0.25) is 0 Å². The second-order valence-corrected chi connectivity index (χ2v) is 5.74. The summed E-state index contributed by atoms with van der Waals surface area (Å²) in [6, 6.07) is 12.0. The molecule has 3 rings (SSSR count). The highest BCUT2D eigenvalue weighted by atomic mass is 16.6. The third kappa shape index (κ3) is 3.27. The van der Waals surface area contributed by atoms with E-state index in [1.807, 2.05) is 19.9 Å². The zero-order chi connectivity index (χ0) is 18.8. The maximum Gasteiger partial charge on any atom is 0.438 e. The normalized spacial score (nSPS) is 11.6. The molecular formula is C17H17N5O4. The van der Waals surface area contributed by atoms with Crippen molar-refractivity contribution in [3.8, 4) is 11.4 Å². The van der Waals surface area contributed by atoms with Crippen molar-refractivity contribution in [3.63, 3.8) is 0 Å². The lowest BCUT2D eigenvalue weighted by atomic mass is 10.1. The van der Waals surface area contributed by atoms with Gasteiger partial charge in [-0.3, -0.25) is 0 Å². The first kappa shape index (κ1) is 17.2. The molecule has 9 heteroatoms. The highest BCUT2D eigenvalue weighted by molar-refractivity contribution is 5.44. The molecule has 0 aliphatic carbocycles. The van der Waals surface area contributed by atoms with Crippen LogP contribution in [0.5, 0.6) is 5.75 Å². The average Bonchev–Trinajstić information content (AvgIpc) is 2.91. The predicted octanol–water partition coefficient (Wildman–Crippen LogP) is 2.68. The summed E-state index contributed by atoms with van der Waals surface area (Å²) in [5.41, 5.74) is 2.55. The number of aryl methyl sites for hydroxylation is 2. The molecule has 0 unspecified atom stereocenters. The zero-order valence-electron chi connectivity index (χ0n) is 14.4. The van der Waals surface area contributed by atoms with Gasteiger partial charge in [0.1, 0.15) is 11.4 Å². The largest absolute Gasteiger partial charge is 0.497 e. The molecule has 0 spiro atoms. The van der Waals surface area contributed by atoms with Gasteiger partial charge < -0.3 is 20.1 Å². The van der Waals surface area contributed by atoms with Crippen molar-refractivity contribution < 1.29 is 14.9 Å². The molecule has 9 nitrogen and oxygen atoms in total. The molecular weight excluding hydrogens is 338 g/mol. The van der Waals surface area contributed by atoms with E-state index in [1.54, 1.807) is 36.4 Å². The summed E-state index contributed by atoms with van der Waals surface area (Å²) in [6.45, 7) is 3.79. The van der Waals surface area contributed by atoms with Crippen LogP contribution < -0.4 is 10.2 Å². The van der Waals surface area contributed by atoms with Gasteiger partial charge in [-0.25, -0.2) is 4.99 Å². The number of benzene rings is 2. The summed E-state index contributed by atoms with van der Waals surface area (Å²) >= 11 is 0. The Morgan fingerprint density at radius 1 is 1.15 bits per heavy atom. The summed E-state index contributed by atoms with van der Waals surface area (Å²) in [4.78, 5) is 16.5. The number of hydrogen-bond acceptors (Lipinski definition) is 6. The molecule has 0 radical (unpaired) electrons. The summed E-state index contributed by atoms with van der Waals surface area (Å²) in [5.74, 6) is 0.0579. The SMILES string of the molecule is COc1ccc(-n2nc([N+](=O)[O-])c(=Nc3cc(C)cc(C)c3)n2O)cc1. The van der Waals surface area contributed by atoms with E-state index < -0.39 is 10.7 Å². The van der Waals surface area contributed by atoms with Gasteiger partial charge in [0.05, 0.1) is 17.9 Å². The molecule has 0 saturated heterocycles. The van der Waals surface area contributed by atoms with Crippen molar-refractivity contribution in [1.29, 1.82) is 0 Å². The van der Waals surface area contributed by atoms with Gasteiger partial charge in [-0.2, -0.15) is 0 Å². The lowest BCUT2D eigenvalue weighted by Crippen LogP contribution is -2.22. The van der Waals surface area contributed by atoms with Crippen LogP contribution in [0.1, 0.15) is 11.1 Å². The molecule has 0 amide bonds. The number of nitrogens with zero attached hydrogens (tertiary/aromatic N) is 5. The summed E-state index contributed by atoms with van der Waals surface area (Å²) in [7, 11) is 1.53. The molecule has 0 atom stereocenters. The van der Waals surface area contributed by atoms with Gasteiger partial charge in [-0.1, -0.05) is 10.9 Å². The fourth-order valence-electron chi connectivity index (χ4n) is 2.59. The second kappa shape index (κ2) is 6.71. The molecule has 0 fully saturated rings. The van der Waals surface area contributed by atoms with Gasteiger partial charge >= 0.3 is 5.82 Å². The molecule has 1 N–H and O–H groups in total. The average molecular weight is 355 g/mol. The first-order valence-electron chi connectivity index (χ1n) is 7.72. The molecule has 26 heavy (non-hydrogen) atoms. The smallest absolute Gasteiger partial charge is 0.438 e. The number of hydrogen-bond donors (Lipinski definition) is 1. The minimum absolute atomic E-state index is 0.268. The topological polar surface area (TPSA) is 108 Å². The first-order chi connectivity index (χ1) is 12.4. The molecule has 2 aromatic carbocycles. The molecule has 0 bridgehead atoms. The van der Waals surface area contributed by atoms with Crippen LogP contribution in [0.3, 0.4) is 0 Å². The minimum Gasteiger partial charge on any atom is -0.497 e. The minimum atomic E-state index is -0.686. The number of methoxy groups -OCH3 is 1. The van der Waals surface area contributed by atoms with Crippen LogP contribution in [0, 0.1) is 24.0 Å². The Labute approximate surface area is 148 Å². The lowest BCUT2D eigenvalue weighted by Gasteiger charge is -2.02. The van der Waals surface area contributed by atoms with E-state index in [0.29, 0.717) is 22.0 Å². The number of nitro groups is 1. The van der Waals surface area contributed by atoms with Crippen molar-refractivity contribution >= 4 is 11.5 Å². The Morgan fingerprint density at radius 3 is 2.31 bits per heavy atom. The molecule has 1 heterocycles. The summed E-state index contributed by atoms with van der Waals surface area (Å²) in [5, 5.41) is 25.7. The Kier molecular flexibility index (Phi) is 4.44. The third-order valence-corrected chi connectivity index (χ3v) is 3.68. The van der Waals surface area contributed by atoms with E-state index in [2.05, 4.69) is 10.1 Å². The standard InChI is InChI=1S/C17H17N5O4/c1-11-8-12(2)10-13(9-11)18-16-17(22(24)25)19-20(21(16)23)14-4-6-15(26-3)7-5-14/h4-10,23H,1-3H3. The van der Waals surface area contributed by atoms with Crippen LogP contribution in [-0.2, 0) is 0 Å². The zero-order valence-corrected chi connectivity index (χ0v) is 14.4. The van der Waals surface area contributed by atoms with Gasteiger partial charge in [0.15, 0.2) is 0 Å². The third-order valence-electron chi connectivity index (χ3n) is 3.68. The van der Waals surface area contributed by atoms with Crippen LogP contribution in [0.25, 0.3) is 5.69 Å². The maximum atomic E-state index is 11.4. The number of rotatable bonds is 4. The highest BCUT2D eigenvalue weighted by Gasteiger charge is 2.24. The predicted molar refractivity (Wildman–Crippen MR) is 93.1 cm³/mol. The fraction of sp³-hybridized carbons (Fsp3) is 0.176. The van der Waals surface area contributed by atoms with Crippen LogP contribution >= 0.6 is 0 Å². The Bertz CT molecular complexity index is 1010. The quantitative estimate of drug-likeness (QED) is 0.440. The molecule has 0 aliphatic rings. The molecule has 134 valence electrons. The van der Waals surface area contributed by atoms with Crippen molar-refractivity contribution in [3.05, 3.63) is 69.2 Å². The number of aromatic nitrogens is 3. The van der Waals surface area contributed by atoms with Gasteiger partial charge in [-0.15, -0.1) is 0 Å². The van der Waals surface area contributed by atoms with Gasteiger partial charge in [-0.05, 0) is 71.1 Å². The van der Waals surface area contributed by atoms with E-state index in [0.717, 1.165) is 15.9 Å². The van der Waals surface area contributed by atoms with Crippen molar-refractivity contribution in [2.24, 2.45) is 4.99 Å². The van der Waals surface area contributed by atoms with Gasteiger partial charge in [0.2, 0.25) is 0 Å². The Hall–Kier alpha value is -3.62. The Morgan fingerprint density at radius 2 is 1.77 bits per heavy atom. The summed E-state index contributed by atoms with van der Waals surface area (Å²) < 4.78 is 5.08. The Balaban J connectivity index is 2.20. The highest BCUT2D eigenvalue weighted by Crippen LogP contribution is 2.18. The second-order valence-electron chi connectivity index (χ2n) is 5.74. The van der Waals surface area contributed by atoms with E-state index in [4.69, 9.17) is 4.74 Å². The van der Waals surface area contributed by atoms with Crippen LogP contribution in [0.4, 0.5) is 11.5 Å². The van der Waals surface area contributed by atoms with Crippen LogP contribution in [0.15, 0.2) is 47.5 Å². The lowest BCUT2D eigenvalue weighted by molar-refractivity contribution is -0.391. The maximum absolute atomic E-state index is 11.4. The number of ether oxygens (including phenoxy) is 1. The molecule has 1 aromatic heterocycles. The first-order valence-corrected chi connectivity index (χ1v) is 7.72.